The Morgan fingerprint density at radius 1 is 1.18 bits per heavy atom. The van der Waals surface area contributed by atoms with E-state index in [0.29, 0.717) is 0 Å². The van der Waals surface area contributed by atoms with Crippen LogP contribution in [0, 0.1) is 11.8 Å². The zero-order chi connectivity index (χ0) is 8.69. The fourth-order valence-corrected chi connectivity index (χ4v) is 1.26. The summed E-state index contributed by atoms with van der Waals surface area (Å²) in [6, 6.07) is 0. The zero-order valence-corrected chi connectivity index (χ0v) is 7.97. The van der Waals surface area contributed by atoms with Crippen LogP contribution in [0.1, 0.15) is 46.5 Å². The first-order valence-corrected chi connectivity index (χ1v) is 4.69. The Labute approximate surface area is 70.2 Å². The van der Waals surface area contributed by atoms with Gasteiger partial charge in [0.2, 0.25) is 0 Å². The molecule has 0 spiro atoms. The van der Waals surface area contributed by atoms with Crippen LogP contribution in [0.15, 0.2) is 0 Å². The summed E-state index contributed by atoms with van der Waals surface area (Å²) in [4.78, 5) is 10.3. The number of aldehydes is 1. The van der Waals surface area contributed by atoms with Crippen LogP contribution < -0.4 is 0 Å². The van der Waals surface area contributed by atoms with Gasteiger partial charge in [-0.15, -0.1) is 0 Å². The lowest BCUT2D eigenvalue weighted by Crippen LogP contribution is -2.02. The van der Waals surface area contributed by atoms with E-state index in [1.54, 1.807) is 0 Å². The highest BCUT2D eigenvalue weighted by Crippen LogP contribution is 2.17. The van der Waals surface area contributed by atoms with Gasteiger partial charge in [0.15, 0.2) is 0 Å². The van der Waals surface area contributed by atoms with E-state index >= 15 is 0 Å². The van der Waals surface area contributed by atoms with E-state index in [0.717, 1.165) is 18.6 Å². The van der Waals surface area contributed by atoms with Gasteiger partial charge in [0, 0.05) is 5.92 Å². The Hall–Kier alpha value is -0.330. The van der Waals surface area contributed by atoms with Crippen molar-refractivity contribution in [2.24, 2.45) is 11.8 Å². The summed E-state index contributed by atoms with van der Waals surface area (Å²) in [5, 5.41) is 0. The van der Waals surface area contributed by atoms with E-state index in [-0.39, 0.29) is 5.92 Å². The van der Waals surface area contributed by atoms with E-state index in [4.69, 9.17) is 0 Å². The summed E-state index contributed by atoms with van der Waals surface area (Å²) < 4.78 is 0. The first-order chi connectivity index (χ1) is 5.24. The molecule has 0 aliphatic rings. The maximum absolute atomic E-state index is 10.3. The predicted molar refractivity (Wildman–Crippen MR) is 48.5 cm³/mol. The van der Waals surface area contributed by atoms with Gasteiger partial charge >= 0.3 is 0 Å². The van der Waals surface area contributed by atoms with E-state index in [9.17, 15) is 4.79 Å². The molecule has 0 aromatic heterocycles. The Morgan fingerprint density at radius 2 is 1.73 bits per heavy atom. The van der Waals surface area contributed by atoms with Gasteiger partial charge in [-0.2, -0.15) is 0 Å². The second-order valence-corrected chi connectivity index (χ2v) is 3.37. The highest BCUT2D eigenvalue weighted by atomic mass is 16.1. The summed E-state index contributed by atoms with van der Waals surface area (Å²) in [5.41, 5.74) is 0. The van der Waals surface area contributed by atoms with Crippen LogP contribution in [0.5, 0.6) is 0 Å². The van der Waals surface area contributed by atoms with Crippen molar-refractivity contribution in [1.82, 2.24) is 0 Å². The monoisotopic (exact) mass is 156 g/mol. The third-order valence-corrected chi connectivity index (χ3v) is 2.42. The molecule has 0 rings (SSSR count). The molecule has 1 unspecified atom stereocenters. The van der Waals surface area contributed by atoms with E-state index < -0.39 is 0 Å². The van der Waals surface area contributed by atoms with Crippen molar-refractivity contribution in [3.8, 4) is 0 Å². The van der Waals surface area contributed by atoms with Crippen LogP contribution in [0.3, 0.4) is 0 Å². The smallest absolute Gasteiger partial charge is 0.122 e. The molecule has 0 saturated carbocycles. The van der Waals surface area contributed by atoms with Gasteiger partial charge in [-0.1, -0.05) is 33.6 Å². The molecule has 11 heavy (non-hydrogen) atoms. The average Bonchev–Trinajstić information content (AvgIpc) is 2.06. The molecule has 1 atom stereocenters. The molecule has 66 valence electrons. The van der Waals surface area contributed by atoms with Crippen LogP contribution >= 0.6 is 0 Å². The minimum atomic E-state index is 0.260. The molecule has 0 fully saturated rings. The highest BCUT2D eigenvalue weighted by Gasteiger charge is 2.05. The van der Waals surface area contributed by atoms with E-state index in [2.05, 4.69) is 13.8 Å². The molecule has 0 amide bonds. The first kappa shape index (κ1) is 10.7. The Kier molecular flexibility index (Phi) is 6.19. The molecule has 0 aliphatic carbocycles. The standard InChI is InChI=1S/C10H20O/c1-4-10(5-2)7-6-9(3)8-11/h8-10H,4-7H2,1-3H3. The van der Waals surface area contributed by atoms with Gasteiger partial charge < -0.3 is 4.79 Å². The summed E-state index contributed by atoms with van der Waals surface area (Å²) in [5.74, 6) is 1.09. The maximum atomic E-state index is 10.3. The van der Waals surface area contributed by atoms with Crippen molar-refractivity contribution in [3.63, 3.8) is 0 Å². The van der Waals surface area contributed by atoms with Crippen molar-refractivity contribution in [2.75, 3.05) is 0 Å². The predicted octanol–water partition coefficient (Wildman–Crippen LogP) is 3.04. The van der Waals surface area contributed by atoms with Crippen molar-refractivity contribution in [1.29, 1.82) is 0 Å². The molecule has 0 saturated heterocycles. The fourth-order valence-electron chi connectivity index (χ4n) is 1.26. The fraction of sp³-hybridized carbons (Fsp3) is 0.900. The molecule has 0 aromatic rings. The van der Waals surface area contributed by atoms with Gasteiger partial charge in [0.1, 0.15) is 6.29 Å². The zero-order valence-electron chi connectivity index (χ0n) is 7.97. The number of carbonyl (C=O) groups is 1. The molecule has 0 aromatic carbocycles. The van der Waals surface area contributed by atoms with Crippen LogP contribution in [-0.4, -0.2) is 6.29 Å². The summed E-state index contributed by atoms with van der Waals surface area (Å²) in [6.45, 7) is 6.44. The van der Waals surface area contributed by atoms with Crippen molar-refractivity contribution in [3.05, 3.63) is 0 Å². The lowest BCUT2D eigenvalue weighted by molar-refractivity contribution is -0.110. The number of hydrogen-bond donors (Lipinski definition) is 0. The van der Waals surface area contributed by atoms with Crippen molar-refractivity contribution >= 4 is 6.29 Å². The number of hydrogen-bond acceptors (Lipinski definition) is 1. The van der Waals surface area contributed by atoms with Crippen molar-refractivity contribution < 1.29 is 4.79 Å². The summed E-state index contributed by atoms with van der Waals surface area (Å²) in [6.07, 6.45) is 5.84. The molecular formula is C10H20O. The van der Waals surface area contributed by atoms with Crippen molar-refractivity contribution in [2.45, 2.75) is 46.5 Å². The molecule has 1 nitrogen and oxygen atoms in total. The van der Waals surface area contributed by atoms with Gasteiger partial charge in [0.05, 0.1) is 0 Å². The Bertz CT molecular complexity index is 95.0. The molecular weight excluding hydrogens is 136 g/mol. The third-order valence-electron chi connectivity index (χ3n) is 2.42. The Balaban J connectivity index is 3.41. The second-order valence-electron chi connectivity index (χ2n) is 3.37. The van der Waals surface area contributed by atoms with E-state index in [1.165, 1.54) is 19.3 Å². The molecule has 1 heteroatoms. The molecule has 0 bridgehead atoms. The first-order valence-electron chi connectivity index (χ1n) is 4.69. The van der Waals surface area contributed by atoms with Gasteiger partial charge in [-0.05, 0) is 18.8 Å². The largest absolute Gasteiger partial charge is 0.303 e. The minimum absolute atomic E-state index is 0.260. The SMILES string of the molecule is CCC(CC)CCC(C)C=O. The molecule has 0 radical (unpaired) electrons. The second kappa shape index (κ2) is 6.38. The lowest BCUT2D eigenvalue weighted by Gasteiger charge is -2.12. The third kappa shape index (κ3) is 5.00. The van der Waals surface area contributed by atoms with Crippen LogP contribution in [0.2, 0.25) is 0 Å². The quantitative estimate of drug-likeness (QED) is 0.540. The van der Waals surface area contributed by atoms with Crippen LogP contribution in [-0.2, 0) is 4.79 Å². The molecule has 0 aliphatic heterocycles. The van der Waals surface area contributed by atoms with Crippen LogP contribution in [0.25, 0.3) is 0 Å². The maximum Gasteiger partial charge on any atom is 0.122 e. The highest BCUT2D eigenvalue weighted by molar-refractivity contribution is 5.52. The van der Waals surface area contributed by atoms with Gasteiger partial charge in [-0.3, -0.25) is 0 Å². The number of rotatable bonds is 6. The summed E-state index contributed by atoms with van der Waals surface area (Å²) >= 11 is 0. The normalized spacial score (nSPS) is 13.5. The van der Waals surface area contributed by atoms with Gasteiger partial charge in [-0.25, -0.2) is 0 Å². The molecule has 0 heterocycles. The summed E-state index contributed by atoms with van der Waals surface area (Å²) in [7, 11) is 0. The Morgan fingerprint density at radius 3 is 2.09 bits per heavy atom. The average molecular weight is 156 g/mol. The molecule has 0 N–H and O–H groups in total. The van der Waals surface area contributed by atoms with Gasteiger partial charge in [0.25, 0.3) is 0 Å². The lowest BCUT2D eigenvalue weighted by atomic mass is 9.94. The number of carbonyl (C=O) groups excluding carboxylic acids is 1. The van der Waals surface area contributed by atoms with E-state index in [1.807, 2.05) is 6.92 Å². The van der Waals surface area contributed by atoms with Crippen LogP contribution in [0.4, 0.5) is 0 Å². The minimum Gasteiger partial charge on any atom is -0.303 e. The topological polar surface area (TPSA) is 17.1 Å².